The molecule has 1 aromatic carbocycles. The van der Waals surface area contributed by atoms with Crippen LogP contribution in [-0.4, -0.2) is 61.0 Å². The number of carbonyl (C=O) groups is 1. The number of benzene rings is 1. The highest BCUT2D eigenvalue weighted by molar-refractivity contribution is 5.83. The molecule has 2 fully saturated rings. The molecule has 1 amide bonds. The molecule has 1 unspecified atom stereocenters. The Morgan fingerprint density at radius 2 is 2.05 bits per heavy atom. The van der Waals surface area contributed by atoms with Crippen molar-refractivity contribution in [1.29, 1.82) is 0 Å². The molecule has 20 heavy (non-hydrogen) atoms. The maximum absolute atomic E-state index is 12.6. The van der Waals surface area contributed by atoms with Crippen LogP contribution in [0.1, 0.15) is 18.4 Å². The third-order valence-corrected chi connectivity index (χ3v) is 4.47. The Morgan fingerprint density at radius 3 is 2.85 bits per heavy atom. The van der Waals surface area contributed by atoms with Gasteiger partial charge in [-0.25, -0.2) is 0 Å². The van der Waals surface area contributed by atoms with Gasteiger partial charge in [0.2, 0.25) is 5.91 Å². The molecule has 2 aliphatic heterocycles. The van der Waals surface area contributed by atoms with Crippen molar-refractivity contribution in [1.82, 2.24) is 15.1 Å². The summed E-state index contributed by atoms with van der Waals surface area (Å²) in [7, 11) is 0. The summed E-state index contributed by atoms with van der Waals surface area (Å²) in [5.41, 5.74) is 1.31. The molecule has 1 N–H and O–H groups in total. The predicted octanol–water partition coefficient (Wildman–Crippen LogP) is 0.906. The quantitative estimate of drug-likeness (QED) is 0.889. The van der Waals surface area contributed by atoms with E-state index in [9.17, 15) is 4.79 Å². The van der Waals surface area contributed by atoms with Crippen LogP contribution in [0.5, 0.6) is 0 Å². The fourth-order valence-electron chi connectivity index (χ4n) is 3.23. The lowest BCUT2D eigenvalue weighted by Gasteiger charge is -2.43. The summed E-state index contributed by atoms with van der Waals surface area (Å²) < 4.78 is 0. The zero-order valence-electron chi connectivity index (χ0n) is 12.1. The van der Waals surface area contributed by atoms with Crippen molar-refractivity contribution in [3.8, 4) is 0 Å². The molecule has 108 valence electrons. The van der Waals surface area contributed by atoms with Crippen molar-refractivity contribution in [2.75, 3.05) is 39.3 Å². The summed E-state index contributed by atoms with van der Waals surface area (Å²) in [6, 6.07) is 10.5. The molecule has 2 heterocycles. The number of carbonyl (C=O) groups excluding carboxylic acids is 1. The Hall–Kier alpha value is -1.39. The van der Waals surface area contributed by atoms with Gasteiger partial charge in [0, 0.05) is 39.3 Å². The summed E-state index contributed by atoms with van der Waals surface area (Å²) in [4.78, 5) is 16.9. The SMILES string of the molecule is CC(CN1CCN2CCNC[C@@H]2C1=O)c1ccccc1. The lowest BCUT2D eigenvalue weighted by Crippen LogP contribution is -2.64. The lowest BCUT2D eigenvalue weighted by molar-refractivity contribution is -0.142. The molecule has 2 atom stereocenters. The molecular weight excluding hydrogens is 250 g/mol. The maximum Gasteiger partial charge on any atom is 0.241 e. The highest BCUT2D eigenvalue weighted by Gasteiger charge is 2.36. The van der Waals surface area contributed by atoms with E-state index in [1.54, 1.807) is 0 Å². The molecule has 1 aromatic rings. The molecule has 4 nitrogen and oxygen atoms in total. The molecule has 0 saturated carbocycles. The number of hydrogen-bond donors (Lipinski definition) is 1. The highest BCUT2D eigenvalue weighted by atomic mass is 16.2. The second-order valence-electron chi connectivity index (χ2n) is 5.85. The second-order valence-corrected chi connectivity index (χ2v) is 5.85. The van der Waals surface area contributed by atoms with Gasteiger partial charge < -0.3 is 10.2 Å². The monoisotopic (exact) mass is 273 g/mol. The molecule has 0 aliphatic carbocycles. The first kappa shape index (κ1) is 13.6. The van der Waals surface area contributed by atoms with E-state index in [0.29, 0.717) is 11.8 Å². The Bertz CT molecular complexity index is 462. The summed E-state index contributed by atoms with van der Waals surface area (Å²) in [5, 5.41) is 3.33. The summed E-state index contributed by atoms with van der Waals surface area (Å²) in [6.45, 7) is 7.71. The smallest absolute Gasteiger partial charge is 0.241 e. The van der Waals surface area contributed by atoms with Crippen LogP contribution in [0.15, 0.2) is 30.3 Å². The summed E-state index contributed by atoms with van der Waals surface area (Å²) >= 11 is 0. The largest absolute Gasteiger partial charge is 0.339 e. The first-order valence-corrected chi connectivity index (χ1v) is 7.54. The van der Waals surface area contributed by atoms with Crippen molar-refractivity contribution in [2.45, 2.75) is 18.9 Å². The third-order valence-electron chi connectivity index (χ3n) is 4.47. The predicted molar refractivity (Wildman–Crippen MR) is 79.7 cm³/mol. The van der Waals surface area contributed by atoms with E-state index in [2.05, 4.69) is 41.4 Å². The second kappa shape index (κ2) is 5.94. The Labute approximate surface area is 120 Å². The highest BCUT2D eigenvalue weighted by Crippen LogP contribution is 2.20. The number of fused-ring (bicyclic) bond motifs is 1. The number of hydrogen-bond acceptors (Lipinski definition) is 3. The molecule has 3 rings (SSSR count). The van der Waals surface area contributed by atoms with Crippen molar-refractivity contribution >= 4 is 5.91 Å². The van der Waals surface area contributed by atoms with Gasteiger partial charge in [0.05, 0.1) is 0 Å². The van der Waals surface area contributed by atoms with Crippen molar-refractivity contribution in [3.05, 3.63) is 35.9 Å². The first-order chi connectivity index (χ1) is 9.75. The van der Waals surface area contributed by atoms with E-state index in [-0.39, 0.29) is 6.04 Å². The van der Waals surface area contributed by atoms with Gasteiger partial charge in [-0.1, -0.05) is 37.3 Å². The van der Waals surface area contributed by atoms with Crippen LogP contribution in [0.2, 0.25) is 0 Å². The Morgan fingerprint density at radius 1 is 1.25 bits per heavy atom. The summed E-state index contributed by atoms with van der Waals surface area (Å²) in [6.07, 6.45) is 0. The van der Waals surface area contributed by atoms with E-state index in [1.807, 2.05) is 11.0 Å². The van der Waals surface area contributed by atoms with Crippen molar-refractivity contribution in [3.63, 3.8) is 0 Å². The van der Waals surface area contributed by atoms with Gasteiger partial charge in [0.1, 0.15) is 6.04 Å². The zero-order valence-corrected chi connectivity index (χ0v) is 12.1. The van der Waals surface area contributed by atoms with Gasteiger partial charge in [-0.2, -0.15) is 0 Å². The van der Waals surface area contributed by atoms with E-state index < -0.39 is 0 Å². The molecular formula is C16H23N3O. The fraction of sp³-hybridized carbons (Fsp3) is 0.562. The molecule has 0 bridgehead atoms. The minimum Gasteiger partial charge on any atom is -0.339 e. The number of rotatable bonds is 3. The van der Waals surface area contributed by atoms with Crippen LogP contribution in [0.4, 0.5) is 0 Å². The minimum atomic E-state index is 0.0560. The van der Waals surface area contributed by atoms with E-state index in [4.69, 9.17) is 0 Å². The average Bonchev–Trinajstić information content (AvgIpc) is 2.51. The van der Waals surface area contributed by atoms with Crippen molar-refractivity contribution in [2.24, 2.45) is 0 Å². The molecule has 0 spiro atoms. The van der Waals surface area contributed by atoms with Crippen LogP contribution >= 0.6 is 0 Å². The molecule has 0 radical (unpaired) electrons. The number of nitrogens with zero attached hydrogens (tertiary/aromatic N) is 2. The van der Waals surface area contributed by atoms with Gasteiger partial charge in [0.25, 0.3) is 0 Å². The van der Waals surface area contributed by atoms with E-state index in [0.717, 1.165) is 39.3 Å². The normalized spacial score (nSPS) is 25.4. The van der Waals surface area contributed by atoms with Gasteiger partial charge in [0.15, 0.2) is 0 Å². The lowest BCUT2D eigenvalue weighted by atomic mass is 9.99. The third kappa shape index (κ3) is 2.72. The Balaban J connectivity index is 1.64. The number of amides is 1. The van der Waals surface area contributed by atoms with Gasteiger partial charge in [-0.15, -0.1) is 0 Å². The van der Waals surface area contributed by atoms with E-state index >= 15 is 0 Å². The van der Waals surface area contributed by atoms with Crippen LogP contribution in [0.25, 0.3) is 0 Å². The molecule has 2 aliphatic rings. The maximum atomic E-state index is 12.6. The fourth-order valence-corrected chi connectivity index (χ4v) is 3.23. The standard InChI is InChI=1S/C16H23N3O/c1-13(14-5-3-2-4-6-14)12-19-10-9-18-8-7-17-11-15(18)16(19)20/h2-6,13,15,17H,7-12H2,1H3/t13?,15-/m1/s1. The van der Waals surface area contributed by atoms with Gasteiger partial charge >= 0.3 is 0 Å². The average molecular weight is 273 g/mol. The number of nitrogens with one attached hydrogen (secondary N) is 1. The zero-order chi connectivity index (χ0) is 13.9. The van der Waals surface area contributed by atoms with Crippen molar-refractivity contribution < 1.29 is 4.79 Å². The van der Waals surface area contributed by atoms with Crippen LogP contribution < -0.4 is 5.32 Å². The molecule has 0 aromatic heterocycles. The minimum absolute atomic E-state index is 0.0560. The molecule has 2 saturated heterocycles. The topological polar surface area (TPSA) is 35.6 Å². The first-order valence-electron chi connectivity index (χ1n) is 7.54. The van der Waals surface area contributed by atoms with Crippen LogP contribution in [0, 0.1) is 0 Å². The Kier molecular flexibility index (Phi) is 4.03. The van der Waals surface area contributed by atoms with E-state index in [1.165, 1.54) is 5.56 Å². The summed E-state index contributed by atoms with van der Waals surface area (Å²) in [5.74, 6) is 0.689. The molecule has 4 heteroatoms. The van der Waals surface area contributed by atoms with Gasteiger partial charge in [-0.05, 0) is 11.5 Å². The van der Waals surface area contributed by atoms with Crippen LogP contribution in [0.3, 0.4) is 0 Å². The van der Waals surface area contributed by atoms with Gasteiger partial charge in [-0.3, -0.25) is 9.69 Å². The van der Waals surface area contributed by atoms with Crippen LogP contribution in [-0.2, 0) is 4.79 Å². The number of piperazine rings is 2.